The number of aromatic nitrogens is 2. The largest absolute Gasteiger partial charge is 0.416 e. The number of fused-ring (bicyclic) bond motifs is 1. The van der Waals surface area contributed by atoms with E-state index in [0.29, 0.717) is 22.0 Å². The Kier molecular flexibility index (Phi) is 6.88. The fourth-order valence-corrected chi connectivity index (χ4v) is 4.08. The lowest BCUT2D eigenvalue weighted by molar-refractivity contribution is -0.117. The summed E-state index contributed by atoms with van der Waals surface area (Å²) in [4.78, 5) is 42.8. The van der Waals surface area contributed by atoms with Crippen molar-refractivity contribution in [2.24, 2.45) is 12.0 Å². The van der Waals surface area contributed by atoms with Crippen LogP contribution in [-0.2, 0) is 11.8 Å². The summed E-state index contributed by atoms with van der Waals surface area (Å²) < 4.78 is 6.62. The molecule has 2 heterocycles. The zero-order valence-electron chi connectivity index (χ0n) is 20.0. The number of para-hydroxylation sites is 1. The quantitative estimate of drug-likeness (QED) is 0.357. The number of hydrogen-bond acceptors (Lipinski definition) is 6. The number of benzene rings is 3. The fourth-order valence-electron chi connectivity index (χ4n) is 3.85. The van der Waals surface area contributed by atoms with Crippen LogP contribution < -0.4 is 20.7 Å². The summed E-state index contributed by atoms with van der Waals surface area (Å²) in [5.74, 6) is -0.810. The van der Waals surface area contributed by atoms with E-state index in [1.807, 2.05) is 42.5 Å². The summed E-state index contributed by atoms with van der Waals surface area (Å²) in [5, 5.41) is 12.3. The van der Waals surface area contributed by atoms with Crippen molar-refractivity contribution in [2.75, 3.05) is 10.6 Å². The van der Waals surface area contributed by atoms with Crippen LogP contribution in [0.3, 0.4) is 0 Å². The van der Waals surface area contributed by atoms with Crippen molar-refractivity contribution in [1.82, 2.24) is 15.1 Å². The minimum Gasteiger partial charge on any atom is -0.389 e. The molecule has 0 saturated heterocycles. The maximum Gasteiger partial charge on any atom is 0.416 e. The van der Waals surface area contributed by atoms with Crippen molar-refractivity contribution >= 4 is 46.7 Å². The van der Waals surface area contributed by atoms with Gasteiger partial charge in [0.25, 0.3) is 11.8 Å². The van der Waals surface area contributed by atoms with E-state index < -0.39 is 24.1 Å². The van der Waals surface area contributed by atoms with Crippen LogP contribution in [0.2, 0.25) is 5.02 Å². The fraction of sp³-hybridized carbons (Fsp3) is 0.0741. The van der Waals surface area contributed by atoms with Crippen LogP contribution in [0.15, 0.2) is 89.9 Å². The number of nitrogens with zero attached hydrogens (tertiary/aromatic N) is 3. The summed E-state index contributed by atoms with van der Waals surface area (Å²) >= 11 is 6.09. The summed E-state index contributed by atoms with van der Waals surface area (Å²) in [6, 6.07) is 24.5. The van der Waals surface area contributed by atoms with Gasteiger partial charge in [-0.15, -0.1) is 5.10 Å². The lowest BCUT2D eigenvalue weighted by Crippen LogP contribution is -2.43. The van der Waals surface area contributed by atoms with Crippen LogP contribution in [0.5, 0.6) is 5.88 Å². The standard InChI is InChI=1S/C27H21ClN6O4/c1-34-21(30-25(35)17-11-5-7-13-19(17)28)15-22(33-34)38-27(37)32-24-26(36)29-20-14-8-6-12-18(20)23(31-24)16-9-3-2-4-10-16/h2-15,24H,1H3,(H,29,36)(H,30,35)(H,32,37). The minimum absolute atomic E-state index is 0.0935. The summed E-state index contributed by atoms with van der Waals surface area (Å²) in [6.07, 6.45) is -2.22. The molecule has 1 aromatic heterocycles. The highest BCUT2D eigenvalue weighted by atomic mass is 35.5. The number of rotatable bonds is 5. The lowest BCUT2D eigenvalue weighted by atomic mass is 10.0. The highest BCUT2D eigenvalue weighted by Crippen LogP contribution is 2.24. The van der Waals surface area contributed by atoms with Gasteiger partial charge in [0.05, 0.1) is 22.0 Å². The Labute approximate surface area is 222 Å². The van der Waals surface area contributed by atoms with E-state index >= 15 is 0 Å². The smallest absolute Gasteiger partial charge is 0.389 e. The number of carbonyl (C=O) groups is 3. The third-order valence-corrected chi connectivity index (χ3v) is 5.99. The Morgan fingerprint density at radius 2 is 1.71 bits per heavy atom. The summed E-state index contributed by atoms with van der Waals surface area (Å²) in [7, 11) is 1.57. The van der Waals surface area contributed by atoms with E-state index in [0.717, 1.165) is 5.56 Å². The second kappa shape index (κ2) is 10.6. The van der Waals surface area contributed by atoms with Crippen molar-refractivity contribution in [1.29, 1.82) is 0 Å². The highest BCUT2D eigenvalue weighted by Gasteiger charge is 2.28. The molecule has 0 fully saturated rings. The van der Waals surface area contributed by atoms with Gasteiger partial charge in [0.15, 0.2) is 0 Å². The number of amides is 3. The van der Waals surface area contributed by atoms with Gasteiger partial charge in [0.1, 0.15) is 5.82 Å². The predicted molar refractivity (Wildman–Crippen MR) is 143 cm³/mol. The van der Waals surface area contributed by atoms with Gasteiger partial charge in [-0.2, -0.15) is 0 Å². The number of hydrogen-bond donors (Lipinski definition) is 3. The van der Waals surface area contributed by atoms with Crippen LogP contribution in [0.4, 0.5) is 16.3 Å². The van der Waals surface area contributed by atoms with E-state index in [9.17, 15) is 14.4 Å². The molecule has 0 aliphatic carbocycles. The molecule has 0 spiro atoms. The van der Waals surface area contributed by atoms with Crippen molar-refractivity contribution < 1.29 is 19.1 Å². The van der Waals surface area contributed by atoms with Gasteiger partial charge in [-0.05, 0) is 18.2 Å². The summed E-state index contributed by atoms with van der Waals surface area (Å²) in [5.41, 5.74) is 2.88. The molecule has 1 aliphatic heterocycles. The van der Waals surface area contributed by atoms with Crippen LogP contribution in [0, 0.1) is 0 Å². The first kappa shape index (κ1) is 24.7. The van der Waals surface area contributed by atoms with Crippen molar-refractivity contribution in [3.05, 3.63) is 107 Å². The molecule has 5 rings (SSSR count). The van der Waals surface area contributed by atoms with Gasteiger partial charge in [-0.1, -0.05) is 72.3 Å². The van der Waals surface area contributed by atoms with E-state index in [1.165, 1.54) is 10.7 Å². The van der Waals surface area contributed by atoms with E-state index in [1.54, 1.807) is 43.4 Å². The van der Waals surface area contributed by atoms with Gasteiger partial charge in [0, 0.05) is 24.2 Å². The molecule has 1 atom stereocenters. The molecule has 0 bridgehead atoms. The Morgan fingerprint density at radius 3 is 2.50 bits per heavy atom. The van der Waals surface area contributed by atoms with Gasteiger partial charge in [0.2, 0.25) is 12.0 Å². The molecule has 11 heteroatoms. The molecular formula is C27H21ClN6O4. The van der Waals surface area contributed by atoms with Gasteiger partial charge < -0.3 is 15.4 Å². The molecule has 3 aromatic carbocycles. The van der Waals surface area contributed by atoms with Gasteiger partial charge in [-0.3, -0.25) is 14.9 Å². The third kappa shape index (κ3) is 5.25. The van der Waals surface area contributed by atoms with Crippen LogP contribution in [-0.4, -0.2) is 39.6 Å². The second-order valence-corrected chi connectivity index (χ2v) is 8.65. The van der Waals surface area contributed by atoms with E-state index in [2.05, 4.69) is 26.0 Å². The number of aliphatic imine (C=N–C) groups is 1. The maximum absolute atomic E-state index is 12.9. The number of anilines is 2. The predicted octanol–water partition coefficient (Wildman–Crippen LogP) is 4.23. The SMILES string of the molecule is Cn1nc(OC(=O)NC2N=C(c3ccccc3)c3ccccc3NC2=O)cc1NC(=O)c1ccccc1Cl. The van der Waals surface area contributed by atoms with Crippen molar-refractivity contribution in [3.8, 4) is 5.88 Å². The molecule has 1 aliphatic rings. The molecular weight excluding hydrogens is 508 g/mol. The van der Waals surface area contributed by atoms with Crippen LogP contribution in [0.1, 0.15) is 21.5 Å². The first-order valence-corrected chi connectivity index (χ1v) is 11.9. The molecule has 38 heavy (non-hydrogen) atoms. The summed E-state index contributed by atoms with van der Waals surface area (Å²) in [6.45, 7) is 0. The average molecular weight is 529 g/mol. The first-order chi connectivity index (χ1) is 18.4. The van der Waals surface area contributed by atoms with Gasteiger partial charge >= 0.3 is 6.09 Å². The molecule has 0 saturated carbocycles. The van der Waals surface area contributed by atoms with Crippen molar-refractivity contribution in [3.63, 3.8) is 0 Å². The Morgan fingerprint density at radius 1 is 1.00 bits per heavy atom. The van der Waals surface area contributed by atoms with Crippen LogP contribution in [0.25, 0.3) is 0 Å². The molecule has 4 aromatic rings. The first-order valence-electron chi connectivity index (χ1n) is 11.5. The second-order valence-electron chi connectivity index (χ2n) is 8.24. The van der Waals surface area contributed by atoms with Crippen LogP contribution >= 0.6 is 11.6 Å². The maximum atomic E-state index is 12.9. The molecule has 0 radical (unpaired) electrons. The molecule has 3 amide bonds. The number of ether oxygens (including phenoxy) is 1. The number of halogens is 1. The normalized spacial score (nSPS) is 14.4. The number of nitrogens with one attached hydrogen (secondary N) is 3. The molecule has 3 N–H and O–H groups in total. The molecule has 190 valence electrons. The Balaban J connectivity index is 1.33. The lowest BCUT2D eigenvalue weighted by Gasteiger charge is -2.12. The Bertz CT molecular complexity index is 1570. The zero-order valence-corrected chi connectivity index (χ0v) is 20.8. The monoisotopic (exact) mass is 528 g/mol. The average Bonchev–Trinajstić information content (AvgIpc) is 3.17. The highest BCUT2D eigenvalue weighted by molar-refractivity contribution is 6.34. The minimum atomic E-state index is -1.27. The number of aryl methyl sites for hydroxylation is 1. The van der Waals surface area contributed by atoms with Crippen molar-refractivity contribution in [2.45, 2.75) is 6.17 Å². The number of benzodiazepines with no additional fused rings is 1. The van der Waals surface area contributed by atoms with E-state index in [-0.39, 0.29) is 17.3 Å². The zero-order chi connectivity index (χ0) is 26.6. The molecule has 10 nitrogen and oxygen atoms in total. The van der Waals surface area contributed by atoms with Gasteiger partial charge in [-0.25, -0.2) is 14.5 Å². The number of carbonyl (C=O) groups excluding carboxylic acids is 3. The van der Waals surface area contributed by atoms with E-state index in [4.69, 9.17) is 16.3 Å². The Hall–Kier alpha value is -4.96. The third-order valence-electron chi connectivity index (χ3n) is 5.66. The molecule has 1 unspecified atom stereocenters. The topological polar surface area (TPSA) is 127 Å².